The average molecular weight is 239 g/mol. The van der Waals surface area contributed by atoms with E-state index < -0.39 is 8.53 Å². The lowest BCUT2D eigenvalue weighted by Crippen LogP contribution is -2.37. The number of rotatable bonds is 3. The topological polar surface area (TPSA) is 40.2 Å². The second kappa shape index (κ2) is 5.13. The van der Waals surface area contributed by atoms with Crippen LogP contribution in [0.25, 0.3) is 0 Å². The van der Waals surface area contributed by atoms with Crippen molar-refractivity contribution in [3.05, 3.63) is 0 Å². The van der Waals surface area contributed by atoms with E-state index >= 15 is 0 Å². The van der Waals surface area contributed by atoms with E-state index in [1.165, 1.54) is 0 Å². The first kappa shape index (κ1) is 11.2. The molecule has 2 aliphatic rings. The maximum absolute atomic E-state index is 5.52. The SMILES string of the molecule is CC(C)N(C1COPO1)P1OCCO1. The first-order chi connectivity index (χ1) is 6.79. The fraction of sp³-hybridized carbons (Fsp3) is 1.00. The second-order valence-corrected chi connectivity index (χ2v) is 5.49. The van der Waals surface area contributed by atoms with E-state index in [4.69, 9.17) is 18.1 Å². The minimum absolute atomic E-state index is 0.00227. The van der Waals surface area contributed by atoms with Gasteiger partial charge in [0.25, 0.3) is 8.53 Å². The third-order valence-corrected chi connectivity index (χ3v) is 4.52. The predicted molar refractivity (Wildman–Crippen MR) is 54.9 cm³/mol. The summed E-state index contributed by atoms with van der Waals surface area (Å²) in [6, 6.07) is 0.343. The van der Waals surface area contributed by atoms with Gasteiger partial charge in [0.15, 0.2) is 9.03 Å². The maximum Gasteiger partial charge on any atom is 0.261 e. The van der Waals surface area contributed by atoms with Gasteiger partial charge in [-0.15, -0.1) is 0 Å². The summed E-state index contributed by atoms with van der Waals surface area (Å²) in [5, 5.41) is 0. The molecule has 14 heavy (non-hydrogen) atoms. The first-order valence-corrected chi connectivity index (χ1v) is 6.60. The summed E-state index contributed by atoms with van der Waals surface area (Å²) in [4.78, 5) is 0. The Kier molecular flexibility index (Phi) is 4.09. The highest BCUT2D eigenvalue weighted by Gasteiger charge is 2.36. The molecular weight excluding hydrogens is 224 g/mol. The van der Waals surface area contributed by atoms with Crippen molar-refractivity contribution < 1.29 is 18.1 Å². The Balaban J connectivity index is 1.98. The van der Waals surface area contributed by atoms with Gasteiger partial charge in [-0.2, -0.15) is 0 Å². The molecule has 0 spiro atoms. The van der Waals surface area contributed by atoms with Crippen molar-refractivity contribution in [2.45, 2.75) is 26.1 Å². The summed E-state index contributed by atoms with van der Waals surface area (Å²) in [6.45, 7) is 6.20. The summed E-state index contributed by atoms with van der Waals surface area (Å²) in [5.41, 5.74) is 0. The van der Waals surface area contributed by atoms with Crippen molar-refractivity contribution in [3.8, 4) is 0 Å². The van der Waals surface area contributed by atoms with Crippen LogP contribution in [0.4, 0.5) is 0 Å². The van der Waals surface area contributed by atoms with Crippen LogP contribution in [0, 0.1) is 0 Å². The lowest BCUT2D eigenvalue weighted by atomic mass is 10.4. The van der Waals surface area contributed by atoms with E-state index in [0.29, 0.717) is 25.9 Å². The summed E-state index contributed by atoms with van der Waals surface area (Å²) in [5.74, 6) is 0. The average Bonchev–Trinajstić information content (AvgIpc) is 2.75. The van der Waals surface area contributed by atoms with Crippen molar-refractivity contribution in [1.82, 2.24) is 4.67 Å². The van der Waals surface area contributed by atoms with Crippen molar-refractivity contribution in [2.24, 2.45) is 0 Å². The molecule has 0 amide bonds. The molecule has 0 aliphatic carbocycles. The minimum atomic E-state index is -0.926. The molecule has 5 nitrogen and oxygen atoms in total. The number of hydrogen-bond donors (Lipinski definition) is 0. The molecule has 0 saturated carbocycles. The summed E-state index contributed by atoms with van der Waals surface area (Å²) in [6.07, 6.45) is -0.00227. The molecule has 2 fully saturated rings. The molecule has 2 rings (SSSR count). The Morgan fingerprint density at radius 1 is 1.36 bits per heavy atom. The zero-order valence-electron chi connectivity index (χ0n) is 8.30. The van der Waals surface area contributed by atoms with Gasteiger partial charge >= 0.3 is 0 Å². The van der Waals surface area contributed by atoms with Crippen molar-refractivity contribution >= 4 is 17.6 Å². The molecule has 2 atom stereocenters. The molecule has 0 radical (unpaired) electrons. The molecule has 7 heteroatoms. The van der Waals surface area contributed by atoms with Crippen LogP contribution in [0.3, 0.4) is 0 Å². The summed E-state index contributed by atoms with van der Waals surface area (Å²) >= 11 is 0. The van der Waals surface area contributed by atoms with Crippen LogP contribution in [0.2, 0.25) is 0 Å². The van der Waals surface area contributed by atoms with Gasteiger partial charge in [0.1, 0.15) is 6.23 Å². The maximum atomic E-state index is 5.52. The quantitative estimate of drug-likeness (QED) is 0.703. The van der Waals surface area contributed by atoms with Crippen LogP contribution in [-0.2, 0) is 18.1 Å². The summed E-state index contributed by atoms with van der Waals surface area (Å²) < 4.78 is 23.9. The van der Waals surface area contributed by atoms with E-state index in [-0.39, 0.29) is 15.3 Å². The standard InChI is InChI=1S/C7H15NO4P2/c1-6(2)8(7-5-9-13-12-7)14-10-3-4-11-14/h6-7,13H,3-5H2,1-2H3. The molecule has 0 aromatic heterocycles. The fourth-order valence-corrected chi connectivity index (χ4v) is 3.55. The van der Waals surface area contributed by atoms with Gasteiger partial charge in [-0.25, -0.2) is 4.67 Å². The van der Waals surface area contributed by atoms with Gasteiger partial charge in [0.05, 0.1) is 19.8 Å². The minimum Gasteiger partial charge on any atom is -0.332 e. The van der Waals surface area contributed by atoms with Crippen molar-refractivity contribution in [1.29, 1.82) is 0 Å². The summed E-state index contributed by atoms with van der Waals surface area (Å²) in [7, 11) is -0.778. The van der Waals surface area contributed by atoms with Gasteiger partial charge < -0.3 is 18.1 Å². The van der Waals surface area contributed by atoms with Gasteiger partial charge in [-0.3, -0.25) is 0 Å². The Labute approximate surface area is 86.9 Å². The highest BCUT2D eigenvalue weighted by molar-refractivity contribution is 7.44. The number of nitrogens with zero attached hydrogens (tertiary/aromatic N) is 1. The molecule has 82 valence electrons. The van der Waals surface area contributed by atoms with Gasteiger partial charge in [-0.1, -0.05) is 0 Å². The smallest absolute Gasteiger partial charge is 0.261 e. The number of hydrogen-bond acceptors (Lipinski definition) is 5. The van der Waals surface area contributed by atoms with Crippen LogP contribution in [0.15, 0.2) is 0 Å². The van der Waals surface area contributed by atoms with E-state index in [2.05, 4.69) is 18.5 Å². The normalized spacial score (nSPS) is 31.3. The lowest BCUT2D eigenvalue weighted by Gasteiger charge is -2.32. The fourth-order valence-electron chi connectivity index (χ4n) is 1.39. The molecule has 0 aromatic rings. The zero-order chi connectivity index (χ0) is 9.97. The Morgan fingerprint density at radius 2 is 2.07 bits per heavy atom. The van der Waals surface area contributed by atoms with E-state index in [1.54, 1.807) is 0 Å². The van der Waals surface area contributed by atoms with E-state index in [9.17, 15) is 0 Å². The third-order valence-electron chi connectivity index (χ3n) is 1.97. The van der Waals surface area contributed by atoms with Crippen LogP contribution >= 0.6 is 17.6 Å². The van der Waals surface area contributed by atoms with Gasteiger partial charge in [0, 0.05) is 6.04 Å². The van der Waals surface area contributed by atoms with Crippen LogP contribution < -0.4 is 0 Å². The first-order valence-electron chi connectivity index (χ1n) is 4.65. The molecule has 0 aromatic carbocycles. The molecule has 0 bridgehead atoms. The van der Waals surface area contributed by atoms with Gasteiger partial charge in [0.2, 0.25) is 0 Å². The van der Waals surface area contributed by atoms with E-state index in [0.717, 1.165) is 0 Å². The van der Waals surface area contributed by atoms with Crippen LogP contribution in [-0.4, -0.2) is 36.8 Å². The Morgan fingerprint density at radius 3 is 2.57 bits per heavy atom. The zero-order valence-corrected chi connectivity index (χ0v) is 10.2. The second-order valence-electron chi connectivity index (χ2n) is 3.34. The molecule has 0 N–H and O–H groups in total. The molecule has 2 unspecified atom stereocenters. The lowest BCUT2D eigenvalue weighted by molar-refractivity contribution is 0.0788. The highest BCUT2D eigenvalue weighted by Crippen LogP contribution is 2.50. The third kappa shape index (κ3) is 2.42. The molecular formula is C7H15NO4P2. The van der Waals surface area contributed by atoms with Crippen molar-refractivity contribution in [3.63, 3.8) is 0 Å². The predicted octanol–water partition coefficient (Wildman–Crippen LogP) is 1.85. The van der Waals surface area contributed by atoms with Crippen LogP contribution in [0.5, 0.6) is 0 Å². The van der Waals surface area contributed by atoms with Crippen LogP contribution in [0.1, 0.15) is 13.8 Å². The highest BCUT2D eigenvalue weighted by atomic mass is 31.2. The molecule has 2 saturated heterocycles. The van der Waals surface area contributed by atoms with Crippen molar-refractivity contribution in [2.75, 3.05) is 19.8 Å². The monoisotopic (exact) mass is 239 g/mol. The largest absolute Gasteiger partial charge is 0.332 e. The Hall–Kier alpha value is 0.660. The van der Waals surface area contributed by atoms with Gasteiger partial charge in [-0.05, 0) is 13.8 Å². The molecule has 2 heterocycles. The molecule has 2 aliphatic heterocycles. The van der Waals surface area contributed by atoms with E-state index in [1.807, 2.05) is 0 Å². The Bertz CT molecular complexity index is 167.